The summed E-state index contributed by atoms with van der Waals surface area (Å²) in [6.45, 7) is 15.1. The molecule has 104 valence electrons. The van der Waals surface area contributed by atoms with Crippen molar-refractivity contribution < 1.29 is 4.79 Å². The van der Waals surface area contributed by atoms with Crippen LogP contribution in [0.2, 0.25) is 0 Å². The molecule has 0 aromatic carbocycles. The molecular weight excluding hydrogens is 224 g/mol. The van der Waals surface area contributed by atoms with Crippen LogP contribution in [0, 0.1) is 16.7 Å². The zero-order chi connectivity index (χ0) is 13.6. The van der Waals surface area contributed by atoms with E-state index in [1.165, 1.54) is 0 Å². The second kappa shape index (κ2) is 4.43. The highest BCUT2D eigenvalue weighted by molar-refractivity contribution is 5.75. The van der Waals surface area contributed by atoms with Gasteiger partial charge in [-0.05, 0) is 24.2 Å². The van der Waals surface area contributed by atoms with Gasteiger partial charge in [-0.3, -0.25) is 0 Å². The van der Waals surface area contributed by atoms with Crippen molar-refractivity contribution in [3.63, 3.8) is 0 Å². The summed E-state index contributed by atoms with van der Waals surface area (Å²) < 4.78 is 0. The summed E-state index contributed by atoms with van der Waals surface area (Å²) in [6, 6.07) is 0.265. The Bertz CT molecular complexity index is 314. The van der Waals surface area contributed by atoms with Gasteiger partial charge in [-0.1, -0.05) is 34.6 Å². The van der Waals surface area contributed by atoms with Gasteiger partial charge >= 0.3 is 6.03 Å². The quantitative estimate of drug-likeness (QED) is 0.649. The predicted molar refractivity (Wildman–Crippen MR) is 74.5 cm³/mol. The van der Waals surface area contributed by atoms with E-state index in [-0.39, 0.29) is 6.03 Å². The topological polar surface area (TPSA) is 23.6 Å². The zero-order valence-corrected chi connectivity index (χ0v) is 12.6. The molecule has 2 heterocycles. The standard InChI is InChI=1S/C15H28N2O/c1-14(2,3)12-6-8-16(9-7-12)13(18)17-10-15(4,5)11-17/h12H,6-11H2,1-5H3. The Hall–Kier alpha value is -0.730. The third-order valence-electron chi connectivity index (χ3n) is 4.50. The Kier molecular flexibility index (Phi) is 3.37. The normalized spacial score (nSPS) is 24.9. The van der Waals surface area contributed by atoms with Gasteiger partial charge < -0.3 is 9.80 Å². The summed E-state index contributed by atoms with van der Waals surface area (Å²) in [4.78, 5) is 16.3. The fourth-order valence-electron chi connectivity index (χ4n) is 3.26. The molecule has 2 rings (SSSR count). The van der Waals surface area contributed by atoms with Gasteiger partial charge in [0.05, 0.1) is 0 Å². The van der Waals surface area contributed by atoms with Crippen LogP contribution in [0.5, 0.6) is 0 Å². The monoisotopic (exact) mass is 252 g/mol. The van der Waals surface area contributed by atoms with E-state index < -0.39 is 0 Å². The smallest absolute Gasteiger partial charge is 0.320 e. The molecule has 0 atom stereocenters. The summed E-state index contributed by atoms with van der Waals surface area (Å²) in [5.41, 5.74) is 0.716. The van der Waals surface area contributed by atoms with Crippen LogP contribution in [0.15, 0.2) is 0 Å². The lowest BCUT2D eigenvalue weighted by molar-refractivity contribution is 0.0316. The molecule has 0 saturated carbocycles. The minimum absolute atomic E-state index is 0.265. The molecule has 2 aliphatic heterocycles. The molecule has 3 heteroatoms. The van der Waals surface area contributed by atoms with Gasteiger partial charge in [0.25, 0.3) is 0 Å². The second-order valence-corrected chi connectivity index (χ2v) is 7.93. The van der Waals surface area contributed by atoms with Crippen molar-refractivity contribution >= 4 is 6.03 Å². The van der Waals surface area contributed by atoms with E-state index in [9.17, 15) is 4.79 Å². The van der Waals surface area contributed by atoms with Gasteiger partial charge in [-0.15, -0.1) is 0 Å². The molecule has 2 aliphatic rings. The molecule has 0 aromatic rings. The molecular formula is C15H28N2O. The van der Waals surface area contributed by atoms with Gasteiger partial charge in [0, 0.05) is 31.6 Å². The molecule has 2 saturated heterocycles. The van der Waals surface area contributed by atoms with Crippen LogP contribution < -0.4 is 0 Å². The number of carbonyl (C=O) groups excluding carboxylic acids is 1. The molecule has 0 aliphatic carbocycles. The van der Waals surface area contributed by atoms with Gasteiger partial charge in [0.1, 0.15) is 0 Å². The molecule has 0 bridgehead atoms. The van der Waals surface area contributed by atoms with Crippen molar-refractivity contribution in [2.45, 2.75) is 47.5 Å². The Morgan fingerprint density at radius 3 is 1.94 bits per heavy atom. The fraction of sp³-hybridized carbons (Fsp3) is 0.933. The van der Waals surface area contributed by atoms with Crippen molar-refractivity contribution in [1.29, 1.82) is 0 Å². The third-order valence-corrected chi connectivity index (χ3v) is 4.50. The summed E-state index contributed by atoms with van der Waals surface area (Å²) >= 11 is 0. The highest BCUT2D eigenvalue weighted by Crippen LogP contribution is 2.35. The van der Waals surface area contributed by atoms with Crippen LogP contribution in [-0.4, -0.2) is 42.0 Å². The molecule has 0 radical (unpaired) electrons. The summed E-state index contributed by atoms with van der Waals surface area (Å²) in [7, 11) is 0. The first-order valence-corrected chi connectivity index (χ1v) is 7.23. The average molecular weight is 252 g/mol. The lowest BCUT2D eigenvalue weighted by Crippen LogP contribution is -2.60. The van der Waals surface area contributed by atoms with Gasteiger partial charge in [0.15, 0.2) is 0 Å². The van der Waals surface area contributed by atoms with Crippen molar-refractivity contribution in [1.82, 2.24) is 9.80 Å². The van der Waals surface area contributed by atoms with E-state index in [1.807, 2.05) is 4.90 Å². The van der Waals surface area contributed by atoms with E-state index >= 15 is 0 Å². The highest BCUT2D eigenvalue weighted by atomic mass is 16.2. The van der Waals surface area contributed by atoms with Gasteiger partial charge in [0.2, 0.25) is 0 Å². The lowest BCUT2D eigenvalue weighted by Gasteiger charge is -2.48. The van der Waals surface area contributed by atoms with Crippen LogP contribution in [0.3, 0.4) is 0 Å². The maximum Gasteiger partial charge on any atom is 0.320 e. The van der Waals surface area contributed by atoms with Crippen LogP contribution in [0.4, 0.5) is 4.79 Å². The number of nitrogens with zero attached hydrogens (tertiary/aromatic N) is 2. The first-order chi connectivity index (χ1) is 8.19. The number of carbonyl (C=O) groups is 1. The Labute approximate surface area is 112 Å². The first-order valence-electron chi connectivity index (χ1n) is 7.23. The maximum absolute atomic E-state index is 12.3. The Morgan fingerprint density at radius 2 is 1.56 bits per heavy atom. The van der Waals surface area contributed by atoms with Crippen LogP contribution in [0.1, 0.15) is 47.5 Å². The van der Waals surface area contributed by atoms with Crippen molar-refractivity contribution in [2.24, 2.45) is 16.7 Å². The molecule has 3 nitrogen and oxygen atoms in total. The fourth-order valence-corrected chi connectivity index (χ4v) is 3.26. The first kappa shape index (κ1) is 13.7. The molecule has 18 heavy (non-hydrogen) atoms. The largest absolute Gasteiger partial charge is 0.325 e. The lowest BCUT2D eigenvalue weighted by atomic mass is 9.75. The number of hydrogen-bond donors (Lipinski definition) is 0. The van der Waals surface area contributed by atoms with Crippen molar-refractivity contribution in [2.75, 3.05) is 26.2 Å². The minimum Gasteiger partial charge on any atom is -0.325 e. The molecule has 0 aromatic heterocycles. The van der Waals surface area contributed by atoms with Crippen molar-refractivity contribution in [3.05, 3.63) is 0 Å². The second-order valence-electron chi connectivity index (χ2n) is 7.93. The number of rotatable bonds is 0. The van der Waals surface area contributed by atoms with E-state index in [1.54, 1.807) is 0 Å². The minimum atomic E-state index is 0.265. The van der Waals surface area contributed by atoms with E-state index in [4.69, 9.17) is 0 Å². The summed E-state index contributed by atoms with van der Waals surface area (Å²) in [5.74, 6) is 0.759. The van der Waals surface area contributed by atoms with E-state index in [0.29, 0.717) is 10.8 Å². The predicted octanol–water partition coefficient (Wildman–Crippen LogP) is 3.21. The van der Waals surface area contributed by atoms with Gasteiger partial charge in [-0.25, -0.2) is 4.79 Å². The van der Waals surface area contributed by atoms with E-state index in [2.05, 4.69) is 39.5 Å². The van der Waals surface area contributed by atoms with Crippen LogP contribution >= 0.6 is 0 Å². The number of hydrogen-bond acceptors (Lipinski definition) is 1. The van der Waals surface area contributed by atoms with Crippen LogP contribution in [-0.2, 0) is 0 Å². The van der Waals surface area contributed by atoms with Crippen LogP contribution in [0.25, 0.3) is 0 Å². The molecule has 0 unspecified atom stereocenters. The molecule has 0 N–H and O–H groups in total. The van der Waals surface area contributed by atoms with Crippen molar-refractivity contribution in [3.8, 4) is 0 Å². The molecule has 0 spiro atoms. The maximum atomic E-state index is 12.3. The Morgan fingerprint density at radius 1 is 1.06 bits per heavy atom. The number of amides is 2. The van der Waals surface area contributed by atoms with E-state index in [0.717, 1.165) is 44.9 Å². The summed E-state index contributed by atoms with van der Waals surface area (Å²) in [6.07, 6.45) is 2.32. The number of piperidine rings is 1. The van der Waals surface area contributed by atoms with Gasteiger partial charge in [-0.2, -0.15) is 0 Å². The molecule has 2 amide bonds. The highest BCUT2D eigenvalue weighted by Gasteiger charge is 2.40. The Balaban J connectivity index is 1.82. The summed E-state index contributed by atoms with van der Waals surface area (Å²) in [5, 5.41) is 0. The zero-order valence-electron chi connectivity index (χ0n) is 12.6. The average Bonchev–Trinajstić information content (AvgIpc) is 2.24. The third kappa shape index (κ3) is 2.81. The number of likely N-dealkylation sites (tertiary alicyclic amines) is 2. The SMILES string of the molecule is CC1(C)CN(C(=O)N2CCC(C(C)(C)C)CC2)C1. The molecule has 2 fully saturated rings. The number of urea groups is 1.